The van der Waals surface area contributed by atoms with Gasteiger partial charge in [-0.3, -0.25) is 0 Å². The zero-order valence-corrected chi connectivity index (χ0v) is 73.3. The van der Waals surface area contributed by atoms with E-state index >= 15 is 0 Å². The second-order valence-electron chi connectivity index (χ2n) is 35.5. The van der Waals surface area contributed by atoms with E-state index in [4.69, 9.17) is 23.2 Å². The first-order valence-corrected chi connectivity index (χ1v) is 46.2. The molecule has 136 heavy (non-hydrogen) atoms. The first-order valence-electron chi connectivity index (χ1n) is 46.2. The molecular weight excluding hydrogens is 1660 g/mol. The van der Waals surface area contributed by atoms with E-state index < -0.39 is 0 Å². The molecular formula is C127H76N6O3. The third kappa shape index (κ3) is 12.1. The fourth-order valence-corrected chi connectivity index (χ4v) is 22.1. The minimum absolute atomic E-state index is 0.686. The number of para-hydroxylation sites is 4. The van der Waals surface area contributed by atoms with Crippen molar-refractivity contribution >= 4 is 225 Å². The Hall–Kier alpha value is -18.3. The summed E-state index contributed by atoms with van der Waals surface area (Å²) in [5.74, 6) is 0. The Balaban J connectivity index is 0.000000102. The molecule has 6 aromatic heterocycles. The zero-order valence-electron chi connectivity index (χ0n) is 73.3. The first-order chi connectivity index (χ1) is 67.4. The minimum Gasteiger partial charge on any atom is -0.437 e. The number of nitrogens with zero attached hydrogens (tertiary/aromatic N) is 6. The Kier molecular flexibility index (Phi) is 17.3. The third-order valence-corrected chi connectivity index (χ3v) is 28.0. The number of aromatic nitrogens is 3. The predicted molar refractivity (Wildman–Crippen MR) is 568 cm³/mol. The molecule has 30 rings (SSSR count). The molecule has 0 aliphatic heterocycles. The summed E-state index contributed by atoms with van der Waals surface area (Å²) in [5, 5.41) is 31.7. The highest BCUT2D eigenvalue weighted by Crippen LogP contribution is 2.55. The lowest BCUT2D eigenvalue weighted by atomic mass is 9.88. The van der Waals surface area contributed by atoms with Crippen molar-refractivity contribution in [1.82, 2.24) is 15.0 Å². The number of pyridine rings is 3. The van der Waals surface area contributed by atoms with Crippen molar-refractivity contribution < 1.29 is 13.3 Å². The van der Waals surface area contributed by atoms with Crippen LogP contribution in [0.4, 0.5) is 51.2 Å². The summed E-state index contributed by atoms with van der Waals surface area (Å²) < 4.78 is 20.0. The summed E-state index contributed by atoms with van der Waals surface area (Å²) in [5.41, 5.74) is 25.9. The van der Waals surface area contributed by atoms with Crippen molar-refractivity contribution in [3.8, 4) is 55.6 Å². The van der Waals surface area contributed by atoms with E-state index in [1.165, 1.54) is 135 Å². The number of anilines is 9. The van der Waals surface area contributed by atoms with Gasteiger partial charge in [0.2, 0.25) is 17.1 Å². The summed E-state index contributed by atoms with van der Waals surface area (Å²) in [4.78, 5) is 21.0. The second-order valence-corrected chi connectivity index (χ2v) is 35.5. The van der Waals surface area contributed by atoms with Crippen LogP contribution in [0.1, 0.15) is 0 Å². The molecule has 0 N–H and O–H groups in total. The van der Waals surface area contributed by atoms with Crippen molar-refractivity contribution in [2.75, 3.05) is 14.7 Å². The van der Waals surface area contributed by atoms with Gasteiger partial charge in [0.25, 0.3) is 0 Å². The van der Waals surface area contributed by atoms with Crippen LogP contribution in [0.3, 0.4) is 0 Å². The zero-order chi connectivity index (χ0) is 89.2. The first kappa shape index (κ1) is 76.5. The fraction of sp³-hybridized carbons (Fsp3) is 0. The van der Waals surface area contributed by atoms with Crippen LogP contribution < -0.4 is 14.7 Å². The molecule has 24 aromatic carbocycles. The molecule has 30 aromatic rings. The number of hydrogen-bond donors (Lipinski definition) is 0. The van der Waals surface area contributed by atoms with Crippen LogP contribution in [0.5, 0.6) is 0 Å². The van der Waals surface area contributed by atoms with Crippen molar-refractivity contribution in [3.63, 3.8) is 0 Å². The maximum absolute atomic E-state index is 6.69. The summed E-state index contributed by atoms with van der Waals surface area (Å²) in [6.07, 6.45) is 5.60. The third-order valence-electron chi connectivity index (χ3n) is 28.0. The van der Waals surface area contributed by atoms with E-state index in [1.807, 2.05) is 18.6 Å². The molecule has 0 unspecified atom stereocenters. The Morgan fingerprint density at radius 1 is 0.147 bits per heavy atom. The molecule has 0 radical (unpaired) electrons. The average molecular weight is 1730 g/mol. The Morgan fingerprint density at radius 3 is 0.765 bits per heavy atom. The smallest absolute Gasteiger partial charge is 0.227 e. The predicted octanol–water partition coefficient (Wildman–Crippen LogP) is 35.8. The second kappa shape index (κ2) is 30.7. The van der Waals surface area contributed by atoms with Gasteiger partial charge in [0, 0.05) is 119 Å². The van der Waals surface area contributed by atoms with Gasteiger partial charge in [-0.15, -0.1) is 0 Å². The summed E-state index contributed by atoms with van der Waals surface area (Å²) in [7, 11) is 0. The number of benzene rings is 24. The molecule has 0 saturated carbocycles. The van der Waals surface area contributed by atoms with Crippen LogP contribution in [0, 0.1) is 0 Å². The molecule has 0 atom stereocenters. The van der Waals surface area contributed by atoms with Crippen molar-refractivity contribution in [2.24, 2.45) is 0 Å². The van der Waals surface area contributed by atoms with E-state index in [9.17, 15) is 0 Å². The summed E-state index contributed by atoms with van der Waals surface area (Å²) >= 11 is 0. The lowest BCUT2D eigenvalue weighted by molar-refractivity contribution is 0.655. The maximum Gasteiger partial charge on any atom is 0.227 e. The normalized spacial score (nSPS) is 12.0. The Bertz CT molecular complexity index is 9770. The summed E-state index contributed by atoms with van der Waals surface area (Å²) in [6, 6.07) is 158. The van der Waals surface area contributed by atoms with Crippen LogP contribution in [0.15, 0.2) is 475 Å². The van der Waals surface area contributed by atoms with E-state index in [-0.39, 0.29) is 0 Å². The molecule has 0 aliphatic rings. The van der Waals surface area contributed by atoms with Gasteiger partial charge in [0.15, 0.2) is 0 Å². The molecule has 0 amide bonds. The van der Waals surface area contributed by atoms with Gasteiger partial charge in [-0.2, -0.15) is 0 Å². The monoisotopic (exact) mass is 1730 g/mol. The van der Waals surface area contributed by atoms with Crippen LogP contribution in [-0.4, -0.2) is 15.0 Å². The van der Waals surface area contributed by atoms with Gasteiger partial charge in [-0.05, 0) is 282 Å². The van der Waals surface area contributed by atoms with Crippen LogP contribution in [0.25, 0.3) is 230 Å². The van der Waals surface area contributed by atoms with E-state index in [2.05, 4.69) is 463 Å². The standard InChI is InChI=1S/C47H28N2O.C43H26N2O.C37H22N2O/c1-2-12-36(13-3-1)49(37-22-20-30(21-23-37)33-18-16-29-8-4-5-9-32(29)26-33)38-14-6-11-34(27-38)41-28-35-19-17-31-10-7-15-39-40-24-25-48-47-44(40)45(46(41)50-47)43(35)42(31)39;1-3-9-27(10-4-1)28-19-21-33(22-20-28)45(32-13-5-2-6-14-32)34-15-7-12-30(25-34)37-26-31-18-17-29-11-8-16-35-36-23-24-44-43-40(36)41(42(37)46-43)39(31)38(29)35;1-3-11-26(12-4-1)39(27-13-5-2-6-14-27)28-15-7-10-24(21-28)31-22-25-18-17-23-9-8-16-29-30-19-20-38-37-34(30)35(36(31)40-37)33(25)32(23)29/h1-28H;1-26H;1-22H. The van der Waals surface area contributed by atoms with Gasteiger partial charge in [0.1, 0.15) is 16.7 Å². The molecule has 9 nitrogen and oxygen atoms in total. The SMILES string of the molecule is c1ccc(-c2ccc(N(c3ccccc3)c3cccc(-c4cc5ccc6cccc7c8ccnc9oc4c(c98)c5c67)c3)cc2)cc1.c1ccc(N(c2ccc(-c3ccc4ccccc4c3)cc2)c2cccc(-c3cc4ccc5cccc6c7ccnc8oc3c(c87)c4c56)c2)cc1.c1ccc(N(c2ccccc2)c2cccc(-c3cc4ccc5cccc6c7ccnc8oc3c(c87)c4c56)c2)cc1. The lowest BCUT2D eigenvalue weighted by Crippen LogP contribution is -2.09. The highest BCUT2D eigenvalue weighted by atomic mass is 16.3. The minimum atomic E-state index is 0.686. The topological polar surface area (TPSA) is 87.8 Å². The van der Waals surface area contributed by atoms with Gasteiger partial charge < -0.3 is 28.0 Å². The van der Waals surface area contributed by atoms with Crippen molar-refractivity contribution in [3.05, 3.63) is 461 Å². The Morgan fingerprint density at radius 2 is 0.404 bits per heavy atom. The maximum atomic E-state index is 6.69. The van der Waals surface area contributed by atoms with Gasteiger partial charge in [0.05, 0.1) is 16.2 Å². The van der Waals surface area contributed by atoms with Gasteiger partial charge >= 0.3 is 0 Å². The van der Waals surface area contributed by atoms with E-state index in [0.717, 1.165) is 128 Å². The molecule has 0 bridgehead atoms. The van der Waals surface area contributed by atoms with Crippen molar-refractivity contribution in [2.45, 2.75) is 0 Å². The lowest BCUT2D eigenvalue weighted by Gasteiger charge is -2.26. The molecule has 0 spiro atoms. The number of hydrogen-bond acceptors (Lipinski definition) is 9. The van der Waals surface area contributed by atoms with Gasteiger partial charge in [-0.1, -0.05) is 291 Å². The number of furan rings is 3. The van der Waals surface area contributed by atoms with Crippen LogP contribution in [-0.2, 0) is 0 Å². The Labute approximate surface area is 779 Å². The molecule has 632 valence electrons. The van der Waals surface area contributed by atoms with Crippen LogP contribution in [0.2, 0.25) is 0 Å². The quantitative estimate of drug-likeness (QED) is 0.0780. The molecule has 9 heteroatoms. The van der Waals surface area contributed by atoms with Crippen molar-refractivity contribution in [1.29, 1.82) is 0 Å². The average Bonchev–Trinajstić information content (AvgIpc) is 1.36. The fourth-order valence-electron chi connectivity index (χ4n) is 22.1. The molecule has 0 fully saturated rings. The highest BCUT2D eigenvalue weighted by Gasteiger charge is 2.30. The number of fused-ring (bicyclic) bond motifs is 4. The van der Waals surface area contributed by atoms with Gasteiger partial charge in [-0.25, -0.2) is 15.0 Å². The van der Waals surface area contributed by atoms with Crippen LogP contribution >= 0.6 is 0 Å². The molecule has 6 heterocycles. The highest BCUT2D eigenvalue weighted by molar-refractivity contribution is 6.43. The van der Waals surface area contributed by atoms with E-state index in [0.29, 0.717) is 17.1 Å². The number of rotatable bonds is 14. The largest absolute Gasteiger partial charge is 0.437 e. The molecule has 0 saturated heterocycles. The molecule has 0 aliphatic carbocycles. The summed E-state index contributed by atoms with van der Waals surface area (Å²) in [6.45, 7) is 0. The van der Waals surface area contributed by atoms with E-state index in [1.54, 1.807) is 0 Å².